The van der Waals surface area contributed by atoms with Gasteiger partial charge >= 0.3 is 6.09 Å². The molecule has 0 saturated heterocycles. The number of benzene rings is 2. The Morgan fingerprint density at radius 3 is 2.27 bits per heavy atom. The molecule has 0 saturated carbocycles. The number of amides is 2. The molecule has 9 nitrogen and oxygen atoms in total. The predicted octanol–water partition coefficient (Wildman–Crippen LogP) is 3.29. The molecule has 0 fully saturated rings. The van der Waals surface area contributed by atoms with Crippen molar-refractivity contribution in [3.63, 3.8) is 0 Å². The molecule has 2 amide bonds. The van der Waals surface area contributed by atoms with Gasteiger partial charge in [0, 0.05) is 7.05 Å². The molecule has 2 rings (SSSR count). The van der Waals surface area contributed by atoms with E-state index in [1.54, 1.807) is 52.1 Å². The summed E-state index contributed by atoms with van der Waals surface area (Å²) < 4.78 is 37.1. The van der Waals surface area contributed by atoms with Gasteiger partial charge < -0.3 is 10.1 Å². The summed E-state index contributed by atoms with van der Waals surface area (Å²) in [5.74, 6) is -0.336. The molecule has 2 aromatic rings. The van der Waals surface area contributed by atoms with Gasteiger partial charge in [-0.25, -0.2) is 10.2 Å². The fourth-order valence-corrected chi connectivity index (χ4v) is 3.50. The van der Waals surface area contributed by atoms with Crippen LogP contribution in [0.4, 0.5) is 4.79 Å². The van der Waals surface area contributed by atoms with Crippen LogP contribution < -0.4 is 10.7 Å². The summed E-state index contributed by atoms with van der Waals surface area (Å²) >= 11 is 0. The maximum absolute atomic E-state index is 12.5. The van der Waals surface area contributed by atoms with E-state index >= 15 is 0 Å². The predicted molar refractivity (Wildman–Crippen MR) is 126 cm³/mol. The van der Waals surface area contributed by atoms with Crippen LogP contribution in [0.15, 0.2) is 48.5 Å². The van der Waals surface area contributed by atoms with Crippen LogP contribution in [0.1, 0.15) is 44.1 Å². The highest BCUT2D eigenvalue weighted by molar-refractivity contribution is 7.86. The third-order valence-electron chi connectivity index (χ3n) is 4.78. The van der Waals surface area contributed by atoms with Crippen molar-refractivity contribution in [2.45, 2.75) is 45.1 Å². The smallest absolute Gasteiger partial charge is 0.408 e. The van der Waals surface area contributed by atoms with E-state index in [0.29, 0.717) is 5.56 Å². The van der Waals surface area contributed by atoms with E-state index in [-0.39, 0.29) is 19.0 Å². The van der Waals surface area contributed by atoms with Gasteiger partial charge in [-0.15, -0.1) is 0 Å². The van der Waals surface area contributed by atoms with E-state index in [9.17, 15) is 22.6 Å². The van der Waals surface area contributed by atoms with Crippen molar-refractivity contribution in [2.75, 3.05) is 13.6 Å². The van der Waals surface area contributed by atoms with Crippen molar-refractivity contribution in [3.8, 4) is 11.1 Å². The Balaban J connectivity index is 2.07. The highest BCUT2D eigenvalue weighted by atomic mass is 32.2. The first-order chi connectivity index (χ1) is 15.3. The number of carbonyl (C=O) groups excluding carboxylic acids is 2. The van der Waals surface area contributed by atoms with Gasteiger partial charge in [-0.05, 0) is 56.0 Å². The fourth-order valence-electron chi connectivity index (χ4n) is 3.00. The lowest BCUT2D eigenvalue weighted by atomic mass is 10.0. The van der Waals surface area contributed by atoms with Gasteiger partial charge in [-0.1, -0.05) is 42.5 Å². The lowest BCUT2D eigenvalue weighted by molar-refractivity contribution is -0.133. The number of hydrazine groups is 1. The molecule has 0 aliphatic heterocycles. The number of carbonyl (C=O) groups is 2. The third kappa shape index (κ3) is 8.16. The van der Waals surface area contributed by atoms with Crippen molar-refractivity contribution in [1.82, 2.24) is 15.8 Å². The summed E-state index contributed by atoms with van der Waals surface area (Å²) in [5, 5.41) is 2.82. The van der Waals surface area contributed by atoms with Crippen molar-refractivity contribution < 1.29 is 27.3 Å². The third-order valence-corrected chi connectivity index (χ3v) is 5.95. The van der Waals surface area contributed by atoms with E-state index in [0.717, 1.165) is 16.7 Å². The number of nitrogens with one attached hydrogen (secondary N) is 2. The second-order valence-electron chi connectivity index (χ2n) is 8.54. The van der Waals surface area contributed by atoms with E-state index < -0.39 is 27.1 Å². The Kier molecular flexibility index (Phi) is 8.59. The number of alkyl carbamates (subject to hydrolysis) is 1. The molecule has 0 bridgehead atoms. The zero-order valence-electron chi connectivity index (χ0n) is 19.5. The highest BCUT2D eigenvalue weighted by Gasteiger charge is 2.20. The van der Waals surface area contributed by atoms with Gasteiger partial charge in [-0.2, -0.15) is 8.42 Å². The number of hydrogen-bond donors (Lipinski definition) is 3. The van der Waals surface area contributed by atoms with E-state index in [1.807, 2.05) is 24.3 Å². The van der Waals surface area contributed by atoms with E-state index in [4.69, 9.17) is 4.74 Å². The maximum atomic E-state index is 12.5. The van der Waals surface area contributed by atoms with Gasteiger partial charge in [0.1, 0.15) is 17.4 Å². The van der Waals surface area contributed by atoms with Crippen LogP contribution in [0, 0.1) is 0 Å². The zero-order valence-corrected chi connectivity index (χ0v) is 20.3. The van der Waals surface area contributed by atoms with Crippen molar-refractivity contribution in [2.24, 2.45) is 0 Å². The first-order valence-electron chi connectivity index (χ1n) is 10.4. The van der Waals surface area contributed by atoms with Gasteiger partial charge in [0.15, 0.2) is 0 Å². The molecule has 3 N–H and O–H groups in total. The Bertz CT molecular complexity index is 1080. The number of hydrogen-bond acceptors (Lipinski definition) is 6. The van der Waals surface area contributed by atoms with Crippen LogP contribution in [-0.2, 0) is 26.2 Å². The van der Waals surface area contributed by atoms with Crippen LogP contribution in [0.3, 0.4) is 0 Å². The fraction of sp³-hybridized carbons (Fsp3) is 0.391. The minimum atomic E-state index is -4.16. The Labute approximate surface area is 194 Å². The summed E-state index contributed by atoms with van der Waals surface area (Å²) in [5.41, 5.74) is 5.25. The molecule has 10 heteroatoms. The second-order valence-corrected chi connectivity index (χ2v) is 10.3. The quantitative estimate of drug-likeness (QED) is 0.393. The van der Waals surface area contributed by atoms with Crippen LogP contribution in [0.5, 0.6) is 0 Å². The molecule has 180 valence electrons. The molecule has 2 aromatic carbocycles. The SMILES string of the molecule is CNN(Cc1cccc(-c2ccc(C(C)S(=O)(=O)O)cc2)c1)C(=O)CNC(=O)OC(C)(C)C. The van der Waals surface area contributed by atoms with Crippen LogP contribution >= 0.6 is 0 Å². The summed E-state index contributed by atoms with van der Waals surface area (Å²) in [6.07, 6.45) is -0.666. The largest absolute Gasteiger partial charge is 0.444 e. The monoisotopic (exact) mass is 477 g/mol. The topological polar surface area (TPSA) is 125 Å². The lowest BCUT2D eigenvalue weighted by Gasteiger charge is -2.23. The maximum Gasteiger partial charge on any atom is 0.408 e. The second kappa shape index (κ2) is 10.8. The summed E-state index contributed by atoms with van der Waals surface area (Å²) in [6, 6.07) is 14.4. The molecule has 0 spiro atoms. The minimum absolute atomic E-state index is 0.219. The van der Waals surface area contributed by atoms with E-state index in [1.165, 1.54) is 11.9 Å². The first kappa shape index (κ1) is 26.3. The molecule has 1 atom stereocenters. The molecule has 0 aliphatic rings. The zero-order chi connectivity index (χ0) is 24.8. The van der Waals surface area contributed by atoms with Crippen LogP contribution in [-0.4, -0.2) is 49.2 Å². The van der Waals surface area contributed by atoms with Crippen molar-refractivity contribution in [1.29, 1.82) is 0 Å². The average molecular weight is 478 g/mol. The summed E-state index contributed by atoms with van der Waals surface area (Å²) in [6.45, 7) is 6.68. The molecule has 33 heavy (non-hydrogen) atoms. The Morgan fingerprint density at radius 1 is 1.09 bits per heavy atom. The van der Waals surface area contributed by atoms with Crippen LogP contribution in [0.25, 0.3) is 11.1 Å². The van der Waals surface area contributed by atoms with Gasteiger partial charge in [0.2, 0.25) is 0 Å². The number of nitrogens with zero attached hydrogens (tertiary/aromatic N) is 1. The number of rotatable bonds is 8. The first-order valence-corrected chi connectivity index (χ1v) is 11.9. The minimum Gasteiger partial charge on any atom is -0.444 e. The highest BCUT2D eigenvalue weighted by Crippen LogP contribution is 2.26. The molecular weight excluding hydrogens is 446 g/mol. The van der Waals surface area contributed by atoms with E-state index in [2.05, 4.69) is 10.7 Å². The lowest BCUT2D eigenvalue weighted by Crippen LogP contribution is -2.46. The van der Waals surface area contributed by atoms with Crippen LogP contribution in [0.2, 0.25) is 0 Å². The van der Waals surface area contributed by atoms with Gasteiger partial charge in [0.25, 0.3) is 16.0 Å². The van der Waals surface area contributed by atoms with Crippen molar-refractivity contribution in [3.05, 3.63) is 59.7 Å². The van der Waals surface area contributed by atoms with Gasteiger partial charge in [0.05, 0.1) is 6.54 Å². The Hall–Kier alpha value is -2.95. The molecule has 0 radical (unpaired) electrons. The molecule has 0 heterocycles. The normalized spacial score (nSPS) is 12.7. The molecule has 1 unspecified atom stereocenters. The average Bonchev–Trinajstić information content (AvgIpc) is 2.73. The Morgan fingerprint density at radius 2 is 1.73 bits per heavy atom. The summed E-state index contributed by atoms with van der Waals surface area (Å²) in [4.78, 5) is 24.3. The van der Waals surface area contributed by atoms with Gasteiger partial charge in [-0.3, -0.25) is 14.4 Å². The molecular formula is C23H31N3O6S. The molecule has 0 aliphatic carbocycles. The molecule has 0 aromatic heterocycles. The standard InChI is InChI=1S/C23H31N3O6S/c1-16(33(29,30)31)18-9-11-19(12-10-18)20-8-6-7-17(13-20)15-26(24-5)21(27)14-25-22(28)32-23(2,3)4/h6-13,16,24H,14-15H2,1-5H3,(H,25,28)(H,29,30,31). The summed E-state index contributed by atoms with van der Waals surface area (Å²) in [7, 11) is -2.55. The number of ether oxygens (including phenoxy) is 1. The van der Waals surface area contributed by atoms with Crippen molar-refractivity contribution >= 4 is 22.1 Å².